The van der Waals surface area contributed by atoms with Crippen LogP contribution >= 0.6 is 11.6 Å². The highest BCUT2D eigenvalue weighted by atomic mass is 35.5. The van der Waals surface area contributed by atoms with Crippen LogP contribution in [0.3, 0.4) is 0 Å². The fourth-order valence-corrected chi connectivity index (χ4v) is 1.75. The van der Waals surface area contributed by atoms with Gasteiger partial charge < -0.3 is 5.73 Å². The van der Waals surface area contributed by atoms with Gasteiger partial charge in [-0.1, -0.05) is 11.6 Å². The second kappa shape index (κ2) is 3.75. The van der Waals surface area contributed by atoms with Crippen molar-refractivity contribution in [2.75, 3.05) is 5.73 Å². The van der Waals surface area contributed by atoms with Crippen molar-refractivity contribution in [3.63, 3.8) is 0 Å². The lowest BCUT2D eigenvalue weighted by atomic mass is 10.1. The predicted molar refractivity (Wildman–Crippen MR) is 58.0 cm³/mol. The van der Waals surface area contributed by atoms with Gasteiger partial charge in [-0.2, -0.15) is 5.10 Å². The van der Waals surface area contributed by atoms with Crippen LogP contribution in [-0.2, 0) is 7.05 Å². The summed E-state index contributed by atoms with van der Waals surface area (Å²) >= 11 is 5.72. The molecule has 0 unspecified atom stereocenters. The molecule has 0 radical (unpaired) electrons. The average Bonchev–Trinajstić information content (AvgIpc) is 2.56. The summed E-state index contributed by atoms with van der Waals surface area (Å²) in [5, 5.41) is 3.55. The summed E-state index contributed by atoms with van der Waals surface area (Å²) in [6.07, 6.45) is 1.36. The van der Waals surface area contributed by atoms with Gasteiger partial charge in [0.25, 0.3) is 0 Å². The molecule has 0 amide bonds. The maximum Gasteiger partial charge on any atom is 0.142 e. The Balaban J connectivity index is 2.78. The molecular formula is C10H8ClF2N3. The van der Waals surface area contributed by atoms with Crippen molar-refractivity contribution < 1.29 is 8.78 Å². The van der Waals surface area contributed by atoms with Crippen LogP contribution < -0.4 is 5.73 Å². The van der Waals surface area contributed by atoms with E-state index in [2.05, 4.69) is 5.10 Å². The predicted octanol–water partition coefficient (Wildman–Crippen LogP) is 2.60. The molecule has 0 aliphatic rings. The Kier molecular flexibility index (Phi) is 2.55. The minimum atomic E-state index is -0.696. The minimum absolute atomic E-state index is 0.0702. The Labute approximate surface area is 95.4 Å². The standard InChI is InChI=1S/C10H8ClF2N3/c1-16-10(7(14)4-15-16)8-5(12)2-3-6(13)9(8)11/h2-4H,14H2,1H3. The molecule has 2 N–H and O–H groups in total. The Morgan fingerprint density at radius 2 is 1.94 bits per heavy atom. The van der Waals surface area contributed by atoms with E-state index in [-0.39, 0.29) is 22.0 Å². The third kappa shape index (κ3) is 1.53. The lowest BCUT2D eigenvalue weighted by Crippen LogP contribution is -1.99. The van der Waals surface area contributed by atoms with Crippen LogP contribution in [0, 0.1) is 11.6 Å². The SMILES string of the molecule is Cn1ncc(N)c1-c1c(F)ccc(F)c1Cl. The molecule has 16 heavy (non-hydrogen) atoms. The summed E-state index contributed by atoms with van der Waals surface area (Å²) < 4.78 is 28.2. The smallest absolute Gasteiger partial charge is 0.142 e. The molecule has 0 aliphatic heterocycles. The van der Waals surface area contributed by atoms with Gasteiger partial charge in [0.2, 0.25) is 0 Å². The first-order valence-electron chi connectivity index (χ1n) is 4.43. The first-order valence-corrected chi connectivity index (χ1v) is 4.81. The topological polar surface area (TPSA) is 43.8 Å². The molecule has 3 nitrogen and oxygen atoms in total. The first-order chi connectivity index (χ1) is 7.52. The third-order valence-corrected chi connectivity index (χ3v) is 2.62. The van der Waals surface area contributed by atoms with Crippen molar-refractivity contribution in [3.05, 3.63) is 35.0 Å². The summed E-state index contributed by atoms with van der Waals surface area (Å²) in [7, 11) is 1.58. The largest absolute Gasteiger partial charge is 0.396 e. The molecule has 84 valence electrons. The molecular weight excluding hydrogens is 236 g/mol. The van der Waals surface area contributed by atoms with Gasteiger partial charge in [-0.05, 0) is 12.1 Å². The van der Waals surface area contributed by atoms with Crippen LogP contribution in [0.1, 0.15) is 0 Å². The van der Waals surface area contributed by atoms with Gasteiger partial charge >= 0.3 is 0 Å². The second-order valence-electron chi connectivity index (χ2n) is 3.29. The molecule has 1 aromatic carbocycles. The number of aryl methyl sites for hydroxylation is 1. The van der Waals surface area contributed by atoms with E-state index in [4.69, 9.17) is 17.3 Å². The number of anilines is 1. The van der Waals surface area contributed by atoms with Crippen molar-refractivity contribution in [1.82, 2.24) is 9.78 Å². The number of benzene rings is 1. The van der Waals surface area contributed by atoms with Crippen LogP contribution in [0.15, 0.2) is 18.3 Å². The highest BCUT2D eigenvalue weighted by molar-refractivity contribution is 6.33. The zero-order valence-corrected chi connectivity index (χ0v) is 9.09. The summed E-state index contributed by atoms with van der Waals surface area (Å²) in [5.74, 6) is -1.33. The molecule has 0 aliphatic carbocycles. The molecule has 0 saturated heterocycles. The number of rotatable bonds is 1. The van der Waals surface area contributed by atoms with E-state index < -0.39 is 11.6 Å². The number of aromatic nitrogens is 2. The van der Waals surface area contributed by atoms with Crippen molar-refractivity contribution in [2.24, 2.45) is 7.05 Å². The molecule has 0 fully saturated rings. The number of nitrogen functional groups attached to an aromatic ring is 1. The summed E-state index contributed by atoms with van der Waals surface area (Å²) in [6.45, 7) is 0. The highest BCUT2D eigenvalue weighted by Gasteiger charge is 2.19. The lowest BCUT2D eigenvalue weighted by Gasteiger charge is -2.08. The Bertz CT molecular complexity index is 532. The molecule has 6 heteroatoms. The first kappa shape index (κ1) is 10.9. The second-order valence-corrected chi connectivity index (χ2v) is 3.67. The molecule has 2 aromatic rings. The molecule has 0 saturated carbocycles. The van der Waals surface area contributed by atoms with E-state index in [0.717, 1.165) is 12.1 Å². The number of nitrogens with two attached hydrogens (primary N) is 1. The number of hydrogen-bond donors (Lipinski definition) is 1. The molecule has 1 aromatic heterocycles. The van der Waals surface area contributed by atoms with Crippen LogP contribution in [0.25, 0.3) is 11.3 Å². The zero-order valence-electron chi connectivity index (χ0n) is 8.34. The molecule has 0 atom stereocenters. The number of hydrogen-bond acceptors (Lipinski definition) is 2. The van der Waals surface area contributed by atoms with Gasteiger partial charge in [0.15, 0.2) is 0 Å². The molecule has 0 bridgehead atoms. The van der Waals surface area contributed by atoms with Crippen molar-refractivity contribution >= 4 is 17.3 Å². The zero-order chi connectivity index (χ0) is 11.9. The normalized spacial score (nSPS) is 10.8. The Hall–Kier alpha value is -1.62. The van der Waals surface area contributed by atoms with Crippen LogP contribution in [-0.4, -0.2) is 9.78 Å². The van der Waals surface area contributed by atoms with E-state index in [0.29, 0.717) is 0 Å². The maximum absolute atomic E-state index is 13.6. The number of halogens is 3. The Morgan fingerprint density at radius 1 is 1.31 bits per heavy atom. The quantitative estimate of drug-likeness (QED) is 0.783. The average molecular weight is 244 g/mol. The van der Waals surface area contributed by atoms with Crippen LogP contribution in [0.2, 0.25) is 5.02 Å². The fourth-order valence-electron chi connectivity index (χ4n) is 1.50. The maximum atomic E-state index is 13.6. The van der Waals surface area contributed by atoms with E-state index >= 15 is 0 Å². The fraction of sp³-hybridized carbons (Fsp3) is 0.100. The van der Waals surface area contributed by atoms with E-state index in [1.807, 2.05) is 0 Å². The van der Waals surface area contributed by atoms with Gasteiger partial charge in [0.1, 0.15) is 11.6 Å². The summed E-state index contributed by atoms with van der Waals surface area (Å²) in [6, 6.07) is 1.97. The van der Waals surface area contributed by atoms with E-state index in [1.165, 1.54) is 10.9 Å². The third-order valence-electron chi connectivity index (χ3n) is 2.25. The minimum Gasteiger partial charge on any atom is -0.396 e. The monoisotopic (exact) mass is 243 g/mol. The lowest BCUT2D eigenvalue weighted by molar-refractivity contribution is 0.601. The van der Waals surface area contributed by atoms with Crippen LogP contribution in [0.4, 0.5) is 14.5 Å². The van der Waals surface area contributed by atoms with Crippen molar-refractivity contribution in [3.8, 4) is 11.3 Å². The van der Waals surface area contributed by atoms with Gasteiger partial charge in [0.05, 0.1) is 28.2 Å². The van der Waals surface area contributed by atoms with Gasteiger partial charge in [-0.15, -0.1) is 0 Å². The van der Waals surface area contributed by atoms with Crippen molar-refractivity contribution in [1.29, 1.82) is 0 Å². The summed E-state index contributed by atoms with van der Waals surface area (Å²) in [5.41, 5.74) is 6.07. The summed E-state index contributed by atoms with van der Waals surface area (Å²) in [4.78, 5) is 0. The van der Waals surface area contributed by atoms with Gasteiger partial charge in [0, 0.05) is 7.05 Å². The Morgan fingerprint density at radius 3 is 2.50 bits per heavy atom. The molecule has 0 spiro atoms. The molecule has 1 heterocycles. The van der Waals surface area contributed by atoms with E-state index in [9.17, 15) is 8.78 Å². The van der Waals surface area contributed by atoms with E-state index in [1.54, 1.807) is 7.05 Å². The van der Waals surface area contributed by atoms with Gasteiger partial charge in [-0.3, -0.25) is 4.68 Å². The molecule has 2 rings (SSSR count). The van der Waals surface area contributed by atoms with Gasteiger partial charge in [-0.25, -0.2) is 8.78 Å². The van der Waals surface area contributed by atoms with Crippen LogP contribution in [0.5, 0.6) is 0 Å². The number of nitrogens with zero attached hydrogens (tertiary/aromatic N) is 2. The highest BCUT2D eigenvalue weighted by Crippen LogP contribution is 2.35. The van der Waals surface area contributed by atoms with Crippen molar-refractivity contribution in [2.45, 2.75) is 0 Å².